The summed E-state index contributed by atoms with van der Waals surface area (Å²) >= 11 is 1.53. The molecule has 1 aromatic rings. The lowest BCUT2D eigenvalue weighted by Gasteiger charge is -2.17. The average molecular weight is 294 g/mol. The molecule has 0 aromatic heterocycles. The molecular formula is C15H22N2O2S. The molecular weight excluding hydrogens is 272 g/mol. The minimum Gasteiger partial charge on any atom is -0.272 e. The highest BCUT2D eigenvalue weighted by molar-refractivity contribution is 8.01. The van der Waals surface area contributed by atoms with E-state index < -0.39 is 0 Å². The van der Waals surface area contributed by atoms with Crippen molar-refractivity contribution >= 4 is 23.6 Å². The largest absolute Gasteiger partial charge is 0.272 e. The van der Waals surface area contributed by atoms with E-state index in [1.807, 2.05) is 32.9 Å². The molecule has 0 spiro atoms. The van der Waals surface area contributed by atoms with Gasteiger partial charge in [-0.05, 0) is 24.1 Å². The summed E-state index contributed by atoms with van der Waals surface area (Å²) < 4.78 is 0.0251. The van der Waals surface area contributed by atoms with Crippen molar-refractivity contribution in [1.82, 2.24) is 10.9 Å². The van der Waals surface area contributed by atoms with Crippen LogP contribution in [0.2, 0.25) is 0 Å². The minimum absolute atomic E-state index is 0.0251. The van der Waals surface area contributed by atoms with Crippen molar-refractivity contribution in [3.05, 3.63) is 35.4 Å². The summed E-state index contributed by atoms with van der Waals surface area (Å²) in [5, 5.41) is 0. The van der Waals surface area contributed by atoms with Crippen molar-refractivity contribution in [3.8, 4) is 0 Å². The van der Waals surface area contributed by atoms with Gasteiger partial charge in [-0.15, -0.1) is 11.8 Å². The Balaban J connectivity index is 2.40. The molecule has 0 bridgehead atoms. The van der Waals surface area contributed by atoms with Gasteiger partial charge in [0.25, 0.3) is 5.91 Å². The summed E-state index contributed by atoms with van der Waals surface area (Å²) in [5.74, 6) is -0.191. The van der Waals surface area contributed by atoms with Gasteiger partial charge >= 0.3 is 0 Å². The number of benzene rings is 1. The maximum Gasteiger partial charge on any atom is 0.269 e. The highest BCUT2D eigenvalue weighted by atomic mass is 32.2. The second-order valence-corrected chi connectivity index (χ2v) is 7.26. The van der Waals surface area contributed by atoms with E-state index in [0.717, 1.165) is 6.42 Å². The Bertz CT molecular complexity index is 464. The quantitative estimate of drug-likeness (QED) is 0.839. The van der Waals surface area contributed by atoms with E-state index in [1.165, 1.54) is 17.3 Å². The number of aryl methyl sites for hydroxylation is 1. The smallest absolute Gasteiger partial charge is 0.269 e. The number of nitrogens with one attached hydrogen (secondary N) is 2. The third kappa shape index (κ3) is 6.10. The topological polar surface area (TPSA) is 58.2 Å². The van der Waals surface area contributed by atoms with Crippen molar-refractivity contribution in [2.75, 3.05) is 5.75 Å². The molecule has 0 aliphatic heterocycles. The molecule has 1 aromatic carbocycles. The number of hydrazine groups is 1. The first-order valence-corrected chi connectivity index (χ1v) is 7.62. The Morgan fingerprint density at radius 1 is 1.10 bits per heavy atom. The third-order valence-electron chi connectivity index (χ3n) is 2.58. The summed E-state index contributed by atoms with van der Waals surface area (Å²) in [6.45, 7) is 8.18. The first kappa shape index (κ1) is 16.6. The van der Waals surface area contributed by atoms with E-state index in [2.05, 4.69) is 17.8 Å². The van der Waals surface area contributed by atoms with E-state index in [4.69, 9.17) is 0 Å². The van der Waals surface area contributed by atoms with Gasteiger partial charge in [-0.2, -0.15) is 0 Å². The molecule has 0 unspecified atom stereocenters. The predicted octanol–water partition coefficient (Wildman–Crippen LogP) is 2.54. The molecule has 0 heterocycles. The van der Waals surface area contributed by atoms with Crippen LogP contribution in [-0.4, -0.2) is 22.3 Å². The Hall–Kier alpha value is -1.49. The fourth-order valence-corrected chi connectivity index (χ4v) is 2.04. The summed E-state index contributed by atoms with van der Waals surface area (Å²) in [6, 6.07) is 7.33. The normalized spacial score (nSPS) is 11.0. The number of rotatable bonds is 4. The summed E-state index contributed by atoms with van der Waals surface area (Å²) in [4.78, 5) is 23.4. The average Bonchev–Trinajstić information content (AvgIpc) is 2.41. The predicted molar refractivity (Wildman–Crippen MR) is 83.6 cm³/mol. The zero-order valence-electron chi connectivity index (χ0n) is 12.4. The van der Waals surface area contributed by atoms with Crippen LogP contribution >= 0.6 is 11.8 Å². The monoisotopic (exact) mass is 294 g/mol. The maximum absolute atomic E-state index is 11.8. The maximum atomic E-state index is 11.8. The number of carbonyl (C=O) groups is 2. The van der Waals surface area contributed by atoms with Crippen LogP contribution in [0.5, 0.6) is 0 Å². The lowest BCUT2D eigenvalue weighted by Crippen LogP contribution is -2.42. The summed E-state index contributed by atoms with van der Waals surface area (Å²) in [6.07, 6.45) is 0.933. The molecule has 0 fully saturated rings. The molecule has 110 valence electrons. The lowest BCUT2D eigenvalue weighted by molar-refractivity contribution is -0.119. The van der Waals surface area contributed by atoms with Crippen molar-refractivity contribution in [3.63, 3.8) is 0 Å². The first-order valence-electron chi connectivity index (χ1n) is 6.64. The molecule has 2 N–H and O–H groups in total. The van der Waals surface area contributed by atoms with Gasteiger partial charge in [0.2, 0.25) is 5.91 Å². The number of thioether (sulfide) groups is 1. The molecule has 20 heavy (non-hydrogen) atoms. The van der Waals surface area contributed by atoms with Gasteiger partial charge in [-0.3, -0.25) is 20.4 Å². The highest BCUT2D eigenvalue weighted by Gasteiger charge is 2.14. The molecule has 0 aliphatic carbocycles. The van der Waals surface area contributed by atoms with Gasteiger partial charge in [0.15, 0.2) is 0 Å². The Kier molecular flexibility index (Phi) is 6.07. The van der Waals surface area contributed by atoms with E-state index in [9.17, 15) is 9.59 Å². The second kappa shape index (κ2) is 7.33. The van der Waals surface area contributed by atoms with Gasteiger partial charge < -0.3 is 0 Å². The van der Waals surface area contributed by atoms with Gasteiger partial charge in [0.1, 0.15) is 0 Å². The number of hydrogen-bond donors (Lipinski definition) is 2. The fraction of sp³-hybridized carbons (Fsp3) is 0.467. The summed E-state index contributed by atoms with van der Waals surface area (Å²) in [7, 11) is 0. The highest BCUT2D eigenvalue weighted by Crippen LogP contribution is 2.22. The van der Waals surface area contributed by atoms with Gasteiger partial charge in [0.05, 0.1) is 5.75 Å². The van der Waals surface area contributed by atoms with Crippen LogP contribution in [0.15, 0.2) is 24.3 Å². The van der Waals surface area contributed by atoms with E-state index in [1.54, 1.807) is 12.1 Å². The zero-order chi connectivity index (χ0) is 15.2. The van der Waals surface area contributed by atoms with Crippen molar-refractivity contribution in [2.45, 2.75) is 38.9 Å². The Morgan fingerprint density at radius 3 is 2.20 bits per heavy atom. The van der Waals surface area contributed by atoms with Crippen molar-refractivity contribution in [2.24, 2.45) is 0 Å². The standard InChI is InChI=1S/C15H22N2O2S/c1-5-11-6-8-12(9-7-11)14(19)17-16-13(18)10-20-15(2,3)4/h6-9H,5,10H2,1-4H3,(H,16,18)(H,17,19). The minimum atomic E-state index is -0.304. The zero-order valence-corrected chi connectivity index (χ0v) is 13.3. The molecule has 0 saturated carbocycles. The van der Waals surface area contributed by atoms with Crippen LogP contribution in [0.3, 0.4) is 0 Å². The van der Waals surface area contributed by atoms with E-state index in [-0.39, 0.29) is 16.6 Å². The van der Waals surface area contributed by atoms with Crippen LogP contribution in [0, 0.1) is 0 Å². The molecule has 4 nitrogen and oxygen atoms in total. The third-order valence-corrected chi connectivity index (χ3v) is 3.85. The molecule has 0 aliphatic rings. The van der Waals surface area contributed by atoms with Gasteiger partial charge in [-0.1, -0.05) is 39.8 Å². The van der Waals surface area contributed by atoms with Gasteiger partial charge in [0, 0.05) is 10.3 Å². The van der Waals surface area contributed by atoms with Crippen LogP contribution < -0.4 is 10.9 Å². The Labute approximate surface area is 124 Å². The van der Waals surface area contributed by atoms with E-state index in [0.29, 0.717) is 11.3 Å². The Morgan fingerprint density at radius 2 is 1.70 bits per heavy atom. The second-order valence-electron chi connectivity index (χ2n) is 5.45. The first-order chi connectivity index (χ1) is 9.31. The number of carbonyl (C=O) groups excluding carboxylic acids is 2. The fourth-order valence-electron chi connectivity index (χ4n) is 1.41. The number of hydrogen-bond acceptors (Lipinski definition) is 3. The van der Waals surface area contributed by atoms with E-state index >= 15 is 0 Å². The van der Waals surface area contributed by atoms with Crippen molar-refractivity contribution in [1.29, 1.82) is 0 Å². The molecule has 0 radical (unpaired) electrons. The molecule has 1 rings (SSSR count). The van der Waals surface area contributed by atoms with Crippen LogP contribution in [0.25, 0.3) is 0 Å². The van der Waals surface area contributed by atoms with Crippen LogP contribution in [-0.2, 0) is 11.2 Å². The molecule has 0 atom stereocenters. The van der Waals surface area contributed by atoms with Crippen LogP contribution in [0.4, 0.5) is 0 Å². The lowest BCUT2D eigenvalue weighted by atomic mass is 10.1. The molecule has 2 amide bonds. The van der Waals surface area contributed by atoms with Gasteiger partial charge in [-0.25, -0.2) is 0 Å². The molecule has 5 heteroatoms. The SMILES string of the molecule is CCc1ccc(C(=O)NNC(=O)CSC(C)(C)C)cc1. The number of amides is 2. The summed E-state index contributed by atoms with van der Waals surface area (Å²) in [5.41, 5.74) is 6.55. The van der Waals surface area contributed by atoms with Crippen molar-refractivity contribution < 1.29 is 9.59 Å². The molecule has 0 saturated heterocycles. The van der Waals surface area contributed by atoms with Crippen LogP contribution in [0.1, 0.15) is 43.6 Å².